The van der Waals surface area contributed by atoms with Gasteiger partial charge < -0.3 is 15.8 Å². The van der Waals surface area contributed by atoms with E-state index in [1.54, 1.807) is 43.5 Å². The molecular formula is C24H26N4O3S. The van der Waals surface area contributed by atoms with Crippen molar-refractivity contribution in [3.8, 4) is 5.75 Å². The van der Waals surface area contributed by atoms with E-state index < -0.39 is 0 Å². The first kappa shape index (κ1) is 22.0. The average Bonchev–Trinajstić information content (AvgIpc) is 3.18. The molecule has 1 aliphatic carbocycles. The maximum atomic E-state index is 12.7. The van der Waals surface area contributed by atoms with E-state index >= 15 is 0 Å². The number of fused-ring (bicyclic) bond motifs is 1. The second-order valence-electron chi connectivity index (χ2n) is 7.91. The minimum absolute atomic E-state index is 0.167. The Kier molecular flexibility index (Phi) is 6.53. The molecule has 0 bridgehead atoms. The van der Waals surface area contributed by atoms with Gasteiger partial charge in [-0.25, -0.2) is 4.98 Å². The summed E-state index contributed by atoms with van der Waals surface area (Å²) in [5.41, 5.74) is 9.87. The number of amides is 2. The van der Waals surface area contributed by atoms with Gasteiger partial charge in [0.05, 0.1) is 12.8 Å². The number of carbonyl (C=O) groups excluding carboxylic acids is 2. The Morgan fingerprint density at radius 2 is 2.00 bits per heavy atom. The largest absolute Gasteiger partial charge is 0.496 e. The molecule has 1 aromatic heterocycles. The van der Waals surface area contributed by atoms with Crippen molar-refractivity contribution in [3.05, 3.63) is 75.3 Å². The third-order valence-corrected chi connectivity index (χ3v) is 6.53. The number of anilines is 1. The fraction of sp³-hybridized carbons (Fsp3) is 0.292. The SMILES string of the molecule is COc1ccc(C(=O)NCc2cccc(C(=O)Nc3nc4c(s3)C[C@@H](N)CC4)c2)cc1C. The van der Waals surface area contributed by atoms with Crippen molar-refractivity contribution < 1.29 is 14.3 Å². The fourth-order valence-electron chi connectivity index (χ4n) is 3.75. The molecule has 0 unspecified atom stereocenters. The molecule has 1 atom stereocenters. The molecule has 7 nitrogen and oxygen atoms in total. The van der Waals surface area contributed by atoms with Crippen LogP contribution in [0.1, 0.15) is 48.8 Å². The van der Waals surface area contributed by atoms with Gasteiger partial charge in [-0.1, -0.05) is 12.1 Å². The molecular weight excluding hydrogens is 424 g/mol. The standard InChI is InChI=1S/C24H26N4O3S/c1-14-10-17(6-9-20(14)31-2)22(29)26-13-15-4-3-5-16(11-15)23(30)28-24-27-19-8-7-18(25)12-21(19)32-24/h3-6,9-11,18H,7-8,12-13,25H2,1-2H3,(H,26,29)(H,27,28,30)/t18-/m0/s1. The summed E-state index contributed by atoms with van der Waals surface area (Å²) >= 11 is 1.49. The summed E-state index contributed by atoms with van der Waals surface area (Å²) in [6, 6.07) is 12.7. The lowest BCUT2D eigenvalue weighted by Crippen LogP contribution is -2.27. The van der Waals surface area contributed by atoms with Crippen molar-refractivity contribution in [2.24, 2.45) is 5.73 Å². The molecule has 1 aliphatic rings. The van der Waals surface area contributed by atoms with Gasteiger partial charge in [0.2, 0.25) is 0 Å². The van der Waals surface area contributed by atoms with Gasteiger partial charge in [-0.2, -0.15) is 0 Å². The zero-order chi connectivity index (χ0) is 22.7. The lowest BCUT2D eigenvalue weighted by molar-refractivity contribution is 0.0950. The van der Waals surface area contributed by atoms with Gasteiger partial charge in [0.25, 0.3) is 11.8 Å². The van der Waals surface area contributed by atoms with Crippen molar-refractivity contribution in [1.82, 2.24) is 10.3 Å². The maximum absolute atomic E-state index is 12.7. The fourth-order valence-corrected chi connectivity index (χ4v) is 4.85. The molecule has 4 N–H and O–H groups in total. The first-order chi connectivity index (χ1) is 15.4. The lowest BCUT2D eigenvalue weighted by Gasteiger charge is -2.15. The van der Waals surface area contributed by atoms with E-state index in [0.717, 1.165) is 46.7 Å². The molecule has 4 rings (SSSR count). The van der Waals surface area contributed by atoms with E-state index in [1.165, 1.54) is 11.3 Å². The Hall–Kier alpha value is -3.23. The van der Waals surface area contributed by atoms with Gasteiger partial charge in [-0.05, 0) is 67.6 Å². The van der Waals surface area contributed by atoms with Crippen molar-refractivity contribution in [1.29, 1.82) is 0 Å². The van der Waals surface area contributed by atoms with Crippen LogP contribution < -0.4 is 21.1 Å². The Bertz CT molecular complexity index is 1160. The number of benzene rings is 2. The smallest absolute Gasteiger partial charge is 0.257 e. The molecule has 166 valence electrons. The summed E-state index contributed by atoms with van der Waals surface area (Å²) in [6.07, 6.45) is 2.59. The molecule has 2 aromatic carbocycles. The van der Waals surface area contributed by atoms with Gasteiger partial charge in [-0.3, -0.25) is 14.9 Å². The number of thiazole rings is 1. The van der Waals surface area contributed by atoms with Crippen molar-refractivity contribution in [3.63, 3.8) is 0 Å². The van der Waals surface area contributed by atoms with Gasteiger partial charge in [0.15, 0.2) is 5.13 Å². The highest BCUT2D eigenvalue weighted by atomic mass is 32.1. The number of methoxy groups -OCH3 is 1. The minimum atomic E-state index is -0.223. The van der Waals surface area contributed by atoms with E-state index in [0.29, 0.717) is 22.8 Å². The maximum Gasteiger partial charge on any atom is 0.257 e. The van der Waals surface area contributed by atoms with Crippen molar-refractivity contribution >= 4 is 28.3 Å². The predicted molar refractivity (Wildman–Crippen MR) is 125 cm³/mol. The summed E-state index contributed by atoms with van der Waals surface area (Å²) < 4.78 is 5.24. The van der Waals surface area contributed by atoms with E-state index in [9.17, 15) is 9.59 Å². The number of ether oxygens (including phenoxy) is 1. The molecule has 8 heteroatoms. The topological polar surface area (TPSA) is 106 Å². The van der Waals surface area contributed by atoms with Gasteiger partial charge in [0, 0.05) is 28.6 Å². The number of hydrogen-bond acceptors (Lipinski definition) is 6. The minimum Gasteiger partial charge on any atom is -0.496 e. The van der Waals surface area contributed by atoms with Gasteiger partial charge in [0.1, 0.15) is 5.75 Å². The lowest BCUT2D eigenvalue weighted by atomic mass is 9.99. The molecule has 0 aliphatic heterocycles. The highest BCUT2D eigenvalue weighted by molar-refractivity contribution is 7.15. The normalized spacial score (nSPS) is 15.0. The van der Waals surface area contributed by atoms with Crippen LogP contribution in [0.5, 0.6) is 5.75 Å². The van der Waals surface area contributed by atoms with Crippen LogP contribution in [0.25, 0.3) is 0 Å². The number of nitrogens with two attached hydrogens (primary N) is 1. The molecule has 0 fully saturated rings. The first-order valence-electron chi connectivity index (χ1n) is 10.5. The van der Waals surface area contributed by atoms with Crippen LogP contribution in [-0.4, -0.2) is 29.9 Å². The zero-order valence-corrected chi connectivity index (χ0v) is 18.9. The molecule has 2 amide bonds. The first-order valence-corrected chi connectivity index (χ1v) is 11.3. The van der Waals surface area contributed by atoms with E-state index in [4.69, 9.17) is 10.5 Å². The van der Waals surface area contributed by atoms with Crippen LogP contribution in [0.15, 0.2) is 42.5 Å². The third-order valence-electron chi connectivity index (χ3n) is 5.50. The Morgan fingerprint density at radius 1 is 1.19 bits per heavy atom. The molecule has 0 saturated heterocycles. The molecule has 0 saturated carbocycles. The summed E-state index contributed by atoms with van der Waals surface area (Å²) in [5.74, 6) is 0.334. The van der Waals surface area contributed by atoms with Crippen LogP contribution >= 0.6 is 11.3 Å². The molecule has 32 heavy (non-hydrogen) atoms. The second-order valence-corrected chi connectivity index (χ2v) is 9.00. The number of aromatic nitrogens is 1. The zero-order valence-electron chi connectivity index (χ0n) is 18.1. The van der Waals surface area contributed by atoms with Crippen LogP contribution in [0, 0.1) is 6.92 Å². The number of aryl methyl sites for hydroxylation is 2. The van der Waals surface area contributed by atoms with Crippen LogP contribution in [-0.2, 0) is 19.4 Å². The van der Waals surface area contributed by atoms with Crippen LogP contribution in [0.3, 0.4) is 0 Å². The Balaban J connectivity index is 1.38. The number of nitrogens with one attached hydrogen (secondary N) is 2. The van der Waals surface area contributed by atoms with Crippen LogP contribution in [0.2, 0.25) is 0 Å². The Labute approximate surface area is 191 Å². The number of nitrogens with zero attached hydrogens (tertiary/aromatic N) is 1. The summed E-state index contributed by atoms with van der Waals surface area (Å²) in [4.78, 5) is 30.9. The Morgan fingerprint density at radius 3 is 2.78 bits per heavy atom. The summed E-state index contributed by atoms with van der Waals surface area (Å²) in [6.45, 7) is 2.21. The quantitative estimate of drug-likeness (QED) is 0.533. The number of hydrogen-bond donors (Lipinski definition) is 3. The summed E-state index contributed by atoms with van der Waals surface area (Å²) in [5, 5.41) is 6.39. The van der Waals surface area contributed by atoms with Gasteiger partial charge >= 0.3 is 0 Å². The van der Waals surface area contributed by atoms with Gasteiger partial charge in [-0.15, -0.1) is 11.3 Å². The van der Waals surface area contributed by atoms with Crippen molar-refractivity contribution in [2.75, 3.05) is 12.4 Å². The summed E-state index contributed by atoms with van der Waals surface area (Å²) in [7, 11) is 1.60. The predicted octanol–water partition coefficient (Wildman–Crippen LogP) is 3.46. The third kappa shape index (κ3) is 4.98. The average molecular weight is 451 g/mol. The van der Waals surface area contributed by atoms with E-state index in [1.807, 2.05) is 13.0 Å². The number of carbonyl (C=O) groups is 2. The molecule has 3 aromatic rings. The van der Waals surface area contributed by atoms with E-state index in [2.05, 4.69) is 15.6 Å². The van der Waals surface area contributed by atoms with Crippen molar-refractivity contribution in [2.45, 2.75) is 38.8 Å². The molecule has 0 spiro atoms. The molecule has 0 radical (unpaired) electrons. The van der Waals surface area contributed by atoms with E-state index in [-0.39, 0.29) is 17.9 Å². The highest BCUT2D eigenvalue weighted by Gasteiger charge is 2.21. The second kappa shape index (κ2) is 9.50. The number of rotatable bonds is 6. The van der Waals surface area contributed by atoms with Crippen LogP contribution in [0.4, 0.5) is 5.13 Å². The molecule has 1 heterocycles. The highest BCUT2D eigenvalue weighted by Crippen LogP contribution is 2.29. The monoisotopic (exact) mass is 450 g/mol.